The van der Waals surface area contributed by atoms with E-state index in [1.165, 1.54) is 0 Å². The van der Waals surface area contributed by atoms with Crippen molar-refractivity contribution in [3.63, 3.8) is 0 Å². The summed E-state index contributed by atoms with van der Waals surface area (Å²) in [5.41, 5.74) is 2.62. The number of amides is 1. The van der Waals surface area contributed by atoms with Crippen molar-refractivity contribution in [3.8, 4) is 0 Å². The lowest BCUT2D eigenvalue weighted by Gasteiger charge is -2.09. The van der Waals surface area contributed by atoms with E-state index in [4.69, 9.17) is 4.52 Å². The molecular formula is C17H24N4O2. The molecule has 23 heavy (non-hydrogen) atoms. The highest BCUT2D eigenvalue weighted by molar-refractivity contribution is 5.94. The van der Waals surface area contributed by atoms with Gasteiger partial charge in [-0.15, -0.1) is 0 Å². The Bertz CT molecular complexity index is 628. The zero-order valence-corrected chi connectivity index (χ0v) is 14.1. The highest BCUT2D eigenvalue weighted by Crippen LogP contribution is 2.14. The van der Waals surface area contributed by atoms with Crippen molar-refractivity contribution in [3.05, 3.63) is 40.9 Å². The molecule has 124 valence electrons. The summed E-state index contributed by atoms with van der Waals surface area (Å²) < 4.78 is 5.13. The van der Waals surface area contributed by atoms with Crippen LogP contribution in [-0.2, 0) is 6.42 Å². The Kier molecular flexibility index (Phi) is 5.73. The van der Waals surface area contributed by atoms with Crippen molar-refractivity contribution in [1.29, 1.82) is 0 Å². The van der Waals surface area contributed by atoms with Crippen molar-refractivity contribution >= 4 is 11.7 Å². The number of nitrogens with zero attached hydrogens (tertiary/aromatic N) is 2. The first-order valence-electron chi connectivity index (χ1n) is 7.90. The summed E-state index contributed by atoms with van der Waals surface area (Å²) >= 11 is 0. The summed E-state index contributed by atoms with van der Waals surface area (Å²) in [7, 11) is 0. The number of rotatable bonds is 7. The summed E-state index contributed by atoms with van der Waals surface area (Å²) in [6.07, 6.45) is 3.28. The average Bonchev–Trinajstić information content (AvgIpc) is 2.83. The molecule has 0 atom stereocenters. The smallest absolute Gasteiger partial charge is 0.252 e. The maximum atomic E-state index is 12.1. The van der Waals surface area contributed by atoms with Gasteiger partial charge in [-0.1, -0.05) is 5.16 Å². The minimum absolute atomic E-state index is 0.104. The van der Waals surface area contributed by atoms with Crippen LogP contribution in [0.25, 0.3) is 0 Å². The Hall–Kier alpha value is -2.37. The summed E-state index contributed by atoms with van der Waals surface area (Å²) in [6.45, 7) is 8.53. The Balaban J connectivity index is 1.78. The SMILES string of the molecule is Cc1noc(C)c1CCCNC(=O)c1ccc(NC(C)C)nc1. The van der Waals surface area contributed by atoms with E-state index in [9.17, 15) is 4.79 Å². The molecule has 2 aromatic rings. The third-order valence-electron chi connectivity index (χ3n) is 3.53. The van der Waals surface area contributed by atoms with Crippen molar-refractivity contribution in [1.82, 2.24) is 15.5 Å². The summed E-state index contributed by atoms with van der Waals surface area (Å²) in [4.78, 5) is 16.3. The van der Waals surface area contributed by atoms with E-state index in [0.717, 1.165) is 35.7 Å². The molecule has 2 rings (SSSR count). The molecule has 0 fully saturated rings. The van der Waals surface area contributed by atoms with Crippen molar-refractivity contribution in [2.45, 2.75) is 46.6 Å². The van der Waals surface area contributed by atoms with Crippen LogP contribution in [0.5, 0.6) is 0 Å². The molecule has 0 spiro atoms. The summed E-state index contributed by atoms with van der Waals surface area (Å²) in [6, 6.07) is 3.91. The van der Waals surface area contributed by atoms with Crippen LogP contribution in [-0.4, -0.2) is 28.6 Å². The van der Waals surface area contributed by atoms with Crippen LogP contribution in [0.3, 0.4) is 0 Å². The number of carbonyl (C=O) groups is 1. The van der Waals surface area contributed by atoms with E-state index in [1.54, 1.807) is 12.3 Å². The Labute approximate surface area is 136 Å². The normalized spacial score (nSPS) is 10.8. The highest BCUT2D eigenvalue weighted by Gasteiger charge is 2.09. The Morgan fingerprint density at radius 1 is 1.30 bits per heavy atom. The van der Waals surface area contributed by atoms with Gasteiger partial charge in [-0.3, -0.25) is 4.79 Å². The van der Waals surface area contributed by atoms with E-state index in [1.807, 2.05) is 33.8 Å². The minimum Gasteiger partial charge on any atom is -0.368 e. The lowest BCUT2D eigenvalue weighted by molar-refractivity contribution is 0.0953. The lowest BCUT2D eigenvalue weighted by atomic mass is 10.1. The first-order valence-corrected chi connectivity index (χ1v) is 7.90. The Morgan fingerprint density at radius 2 is 2.09 bits per heavy atom. The zero-order chi connectivity index (χ0) is 16.8. The average molecular weight is 316 g/mol. The predicted octanol–water partition coefficient (Wildman–Crippen LogP) is 2.87. The number of aryl methyl sites for hydroxylation is 2. The van der Waals surface area contributed by atoms with Gasteiger partial charge in [0, 0.05) is 24.3 Å². The van der Waals surface area contributed by atoms with Gasteiger partial charge in [0.05, 0.1) is 11.3 Å². The number of hydrogen-bond donors (Lipinski definition) is 2. The largest absolute Gasteiger partial charge is 0.368 e. The molecule has 0 aliphatic carbocycles. The number of anilines is 1. The third-order valence-corrected chi connectivity index (χ3v) is 3.53. The van der Waals surface area contributed by atoms with Gasteiger partial charge >= 0.3 is 0 Å². The monoisotopic (exact) mass is 316 g/mol. The molecule has 1 amide bonds. The number of carbonyl (C=O) groups excluding carboxylic acids is 1. The van der Waals surface area contributed by atoms with Gasteiger partial charge in [0.1, 0.15) is 11.6 Å². The fourth-order valence-corrected chi connectivity index (χ4v) is 2.34. The fraction of sp³-hybridized carbons (Fsp3) is 0.471. The van der Waals surface area contributed by atoms with Gasteiger partial charge in [-0.25, -0.2) is 4.98 Å². The molecule has 0 saturated carbocycles. The van der Waals surface area contributed by atoms with Crippen LogP contribution in [0, 0.1) is 13.8 Å². The summed E-state index contributed by atoms with van der Waals surface area (Å²) in [5, 5.41) is 10.0. The summed E-state index contributed by atoms with van der Waals surface area (Å²) in [5.74, 6) is 1.52. The standard InChI is InChI=1S/C17H24N4O2/c1-11(2)20-16-8-7-14(10-19-16)17(22)18-9-5-6-15-12(3)21-23-13(15)4/h7-8,10-11H,5-6,9H2,1-4H3,(H,18,22)(H,19,20). The molecule has 0 aliphatic rings. The molecule has 0 unspecified atom stereocenters. The van der Waals surface area contributed by atoms with Gasteiger partial charge in [0.15, 0.2) is 0 Å². The minimum atomic E-state index is -0.104. The molecule has 2 aromatic heterocycles. The maximum Gasteiger partial charge on any atom is 0.252 e. The van der Waals surface area contributed by atoms with E-state index in [0.29, 0.717) is 18.2 Å². The second kappa shape index (κ2) is 7.76. The third kappa shape index (κ3) is 4.81. The van der Waals surface area contributed by atoms with Crippen LogP contribution in [0.15, 0.2) is 22.9 Å². The first kappa shape index (κ1) is 17.0. The molecule has 2 heterocycles. The molecule has 0 bridgehead atoms. The van der Waals surface area contributed by atoms with E-state index < -0.39 is 0 Å². The van der Waals surface area contributed by atoms with Crippen LogP contribution in [0.1, 0.15) is 47.6 Å². The second-order valence-corrected chi connectivity index (χ2v) is 5.89. The molecule has 2 N–H and O–H groups in total. The van der Waals surface area contributed by atoms with E-state index >= 15 is 0 Å². The Morgan fingerprint density at radius 3 is 2.65 bits per heavy atom. The number of pyridine rings is 1. The van der Waals surface area contributed by atoms with Crippen LogP contribution in [0.2, 0.25) is 0 Å². The van der Waals surface area contributed by atoms with Gasteiger partial charge in [-0.05, 0) is 52.7 Å². The molecule has 0 radical (unpaired) electrons. The molecule has 0 saturated heterocycles. The molecule has 0 aliphatic heterocycles. The zero-order valence-electron chi connectivity index (χ0n) is 14.1. The molecule has 6 nitrogen and oxygen atoms in total. The number of nitrogens with one attached hydrogen (secondary N) is 2. The van der Waals surface area contributed by atoms with Gasteiger partial charge in [-0.2, -0.15) is 0 Å². The van der Waals surface area contributed by atoms with Crippen molar-refractivity contribution < 1.29 is 9.32 Å². The first-order chi connectivity index (χ1) is 11.0. The number of aromatic nitrogens is 2. The fourth-order valence-electron chi connectivity index (χ4n) is 2.34. The van der Waals surface area contributed by atoms with Gasteiger partial charge < -0.3 is 15.2 Å². The second-order valence-electron chi connectivity index (χ2n) is 5.89. The van der Waals surface area contributed by atoms with Crippen LogP contribution < -0.4 is 10.6 Å². The van der Waals surface area contributed by atoms with Crippen molar-refractivity contribution in [2.24, 2.45) is 0 Å². The highest BCUT2D eigenvalue weighted by atomic mass is 16.5. The van der Waals surface area contributed by atoms with Gasteiger partial charge in [0.25, 0.3) is 5.91 Å². The molecule has 0 aromatic carbocycles. The van der Waals surface area contributed by atoms with Gasteiger partial charge in [0.2, 0.25) is 0 Å². The van der Waals surface area contributed by atoms with E-state index in [2.05, 4.69) is 20.8 Å². The predicted molar refractivity (Wildman–Crippen MR) is 89.6 cm³/mol. The topological polar surface area (TPSA) is 80.0 Å². The van der Waals surface area contributed by atoms with E-state index in [-0.39, 0.29) is 5.91 Å². The van der Waals surface area contributed by atoms with Crippen LogP contribution >= 0.6 is 0 Å². The molecular weight excluding hydrogens is 292 g/mol. The number of hydrogen-bond acceptors (Lipinski definition) is 5. The molecule has 6 heteroatoms. The van der Waals surface area contributed by atoms with Crippen molar-refractivity contribution in [2.75, 3.05) is 11.9 Å². The quantitative estimate of drug-likeness (QED) is 0.768. The maximum absolute atomic E-state index is 12.1. The van der Waals surface area contributed by atoms with Crippen LogP contribution in [0.4, 0.5) is 5.82 Å². The lowest BCUT2D eigenvalue weighted by Crippen LogP contribution is -2.25.